The van der Waals surface area contributed by atoms with Crippen LogP contribution in [0.25, 0.3) is 5.69 Å². The third kappa shape index (κ3) is 3.62. The lowest BCUT2D eigenvalue weighted by Gasteiger charge is -2.44. The zero-order valence-electron chi connectivity index (χ0n) is 14.8. The van der Waals surface area contributed by atoms with Crippen LogP contribution in [0, 0.1) is 5.92 Å². The number of hydrogen-bond donors (Lipinski definition) is 1. The second-order valence-electron chi connectivity index (χ2n) is 7.24. The molecule has 2 aliphatic heterocycles. The Morgan fingerprint density at radius 2 is 1.96 bits per heavy atom. The van der Waals surface area contributed by atoms with Crippen molar-refractivity contribution in [3.05, 3.63) is 41.4 Å². The van der Waals surface area contributed by atoms with Gasteiger partial charge in [-0.3, -0.25) is 9.36 Å². The van der Waals surface area contributed by atoms with E-state index in [1.807, 2.05) is 6.07 Å². The first kappa shape index (κ1) is 17.5. The lowest BCUT2D eigenvalue weighted by atomic mass is 9.83. The zero-order valence-corrected chi connectivity index (χ0v) is 15.5. The van der Waals surface area contributed by atoms with Crippen LogP contribution in [-0.2, 0) is 0 Å². The van der Waals surface area contributed by atoms with Gasteiger partial charge in [0.1, 0.15) is 12.7 Å². The number of aromatic nitrogens is 3. The quantitative estimate of drug-likeness (QED) is 0.895. The van der Waals surface area contributed by atoms with Crippen LogP contribution in [0.3, 0.4) is 0 Å². The Morgan fingerprint density at radius 3 is 2.81 bits per heavy atom. The molecule has 0 saturated carbocycles. The van der Waals surface area contributed by atoms with Crippen LogP contribution >= 0.6 is 11.6 Å². The Labute approximate surface area is 158 Å². The summed E-state index contributed by atoms with van der Waals surface area (Å²) in [7, 11) is 0. The van der Waals surface area contributed by atoms with Gasteiger partial charge in [0.05, 0.1) is 10.6 Å². The van der Waals surface area contributed by atoms with E-state index in [0.29, 0.717) is 29.1 Å². The molecular formula is C19H24ClN5O. The molecule has 1 amide bonds. The Balaban J connectivity index is 1.44. The average Bonchev–Trinajstić information content (AvgIpc) is 3.21. The molecule has 26 heavy (non-hydrogen) atoms. The number of halogens is 1. The van der Waals surface area contributed by atoms with Crippen LogP contribution in [0.1, 0.15) is 42.5 Å². The third-order valence-corrected chi connectivity index (χ3v) is 5.99. The second-order valence-corrected chi connectivity index (χ2v) is 7.65. The molecule has 3 heterocycles. The third-order valence-electron chi connectivity index (χ3n) is 5.66. The Hall–Kier alpha value is -1.92. The smallest absolute Gasteiger partial charge is 0.252 e. The van der Waals surface area contributed by atoms with Crippen molar-refractivity contribution in [2.45, 2.75) is 38.1 Å². The van der Waals surface area contributed by atoms with E-state index in [2.05, 4.69) is 20.4 Å². The van der Waals surface area contributed by atoms with Gasteiger partial charge in [-0.2, -0.15) is 0 Å². The number of fused-ring (bicyclic) bond motifs is 1. The molecule has 2 fully saturated rings. The van der Waals surface area contributed by atoms with E-state index in [1.54, 1.807) is 29.4 Å². The molecule has 0 unspecified atom stereocenters. The lowest BCUT2D eigenvalue weighted by molar-refractivity contribution is 0.0575. The summed E-state index contributed by atoms with van der Waals surface area (Å²) in [5.74, 6) is 0.422. The van der Waals surface area contributed by atoms with Crippen LogP contribution in [0.5, 0.6) is 0 Å². The fraction of sp³-hybridized carbons (Fsp3) is 0.526. The Bertz CT molecular complexity index is 761. The molecule has 6 nitrogen and oxygen atoms in total. The maximum Gasteiger partial charge on any atom is 0.252 e. The van der Waals surface area contributed by atoms with Gasteiger partial charge in [0, 0.05) is 18.3 Å². The van der Waals surface area contributed by atoms with E-state index < -0.39 is 0 Å². The molecule has 1 aromatic carbocycles. The summed E-state index contributed by atoms with van der Waals surface area (Å²) in [6.07, 6.45) is 9.48. The fourth-order valence-electron chi connectivity index (χ4n) is 4.32. The van der Waals surface area contributed by atoms with E-state index in [-0.39, 0.29) is 5.91 Å². The van der Waals surface area contributed by atoms with Gasteiger partial charge in [-0.15, -0.1) is 10.2 Å². The molecule has 0 aliphatic carbocycles. The zero-order chi connectivity index (χ0) is 17.9. The molecule has 2 atom stereocenters. The number of piperidine rings is 2. The van der Waals surface area contributed by atoms with Crippen LogP contribution < -0.4 is 5.32 Å². The normalized spacial score (nSPS) is 23.4. The molecular weight excluding hydrogens is 350 g/mol. The van der Waals surface area contributed by atoms with Gasteiger partial charge in [-0.05, 0) is 62.9 Å². The van der Waals surface area contributed by atoms with E-state index in [4.69, 9.17) is 11.6 Å². The largest absolute Gasteiger partial charge is 0.352 e. The van der Waals surface area contributed by atoms with Crippen LogP contribution in [0.2, 0.25) is 5.02 Å². The maximum atomic E-state index is 12.7. The van der Waals surface area contributed by atoms with Gasteiger partial charge in [-0.1, -0.05) is 18.0 Å². The van der Waals surface area contributed by atoms with E-state index in [0.717, 1.165) is 5.69 Å². The van der Waals surface area contributed by atoms with Crippen molar-refractivity contribution in [3.8, 4) is 5.69 Å². The molecule has 2 aromatic rings. The summed E-state index contributed by atoms with van der Waals surface area (Å²) < 4.78 is 1.76. The molecule has 2 aliphatic rings. The Morgan fingerprint density at radius 1 is 1.15 bits per heavy atom. The summed E-state index contributed by atoms with van der Waals surface area (Å²) in [6.45, 7) is 3.14. The maximum absolute atomic E-state index is 12.7. The number of amides is 1. The van der Waals surface area contributed by atoms with Crippen molar-refractivity contribution < 1.29 is 4.79 Å². The average molecular weight is 374 g/mol. The molecule has 4 rings (SSSR count). The minimum absolute atomic E-state index is 0.113. The van der Waals surface area contributed by atoms with Gasteiger partial charge >= 0.3 is 0 Å². The van der Waals surface area contributed by atoms with Crippen molar-refractivity contribution in [3.63, 3.8) is 0 Å². The SMILES string of the molecule is O=C(NC[C@@H]1CCCN2CCCC[C@@H]12)c1cc(-n2cnnc2)ccc1Cl. The highest BCUT2D eigenvalue weighted by Crippen LogP contribution is 2.30. The lowest BCUT2D eigenvalue weighted by Crippen LogP contribution is -2.51. The summed E-state index contributed by atoms with van der Waals surface area (Å²) >= 11 is 6.28. The summed E-state index contributed by atoms with van der Waals surface area (Å²) in [4.78, 5) is 15.4. The Kier molecular flexibility index (Phi) is 5.22. The number of carbonyl (C=O) groups excluding carboxylic acids is 1. The van der Waals surface area contributed by atoms with E-state index >= 15 is 0 Å². The summed E-state index contributed by atoms with van der Waals surface area (Å²) in [6, 6.07) is 6.00. The number of nitrogens with zero attached hydrogens (tertiary/aromatic N) is 4. The first-order valence-electron chi connectivity index (χ1n) is 9.39. The van der Waals surface area contributed by atoms with Gasteiger partial charge in [0.15, 0.2) is 0 Å². The minimum Gasteiger partial charge on any atom is -0.352 e. The number of nitrogens with one attached hydrogen (secondary N) is 1. The monoisotopic (exact) mass is 373 g/mol. The van der Waals surface area contributed by atoms with E-state index in [9.17, 15) is 4.79 Å². The topological polar surface area (TPSA) is 63.1 Å². The highest BCUT2D eigenvalue weighted by atomic mass is 35.5. The van der Waals surface area contributed by atoms with Gasteiger partial charge < -0.3 is 10.2 Å². The fourth-order valence-corrected chi connectivity index (χ4v) is 4.52. The van der Waals surface area contributed by atoms with Gasteiger partial charge in [0.25, 0.3) is 5.91 Å². The number of rotatable bonds is 4. The highest BCUT2D eigenvalue weighted by Gasteiger charge is 2.33. The second kappa shape index (κ2) is 7.76. The van der Waals surface area contributed by atoms with Crippen molar-refractivity contribution in [1.82, 2.24) is 25.0 Å². The molecule has 0 bridgehead atoms. The van der Waals surface area contributed by atoms with Crippen molar-refractivity contribution in [2.24, 2.45) is 5.92 Å². The molecule has 0 spiro atoms. The first-order chi connectivity index (χ1) is 12.7. The molecule has 1 N–H and O–H groups in total. The molecule has 0 radical (unpaired) electrons. The molecule has 2 saturated heterocycles. The number of hydrogen-bond acceptors (Lipinski definition) is 4. The predicted octanol–water partition coefficient (Wildman–Crippen LogP) is 2.92. The first-order valence-corrected chi connectivity index (χ1v) is 9.77. The molecule has 7 heteroatoms. The minimum atomic E-state index is -0.113. The van der Waals surface area contributed by atoms with Crippen LogP contribution in [-0.4, -0.2) is 51.2 Å². The van der Waals surface area contributed by atoms with Crippen molar-refractivity contribution >= 4 is 17.5 Å². The van der Waals surface area contributed by atoms with Crippen molar-refractivity contribution in [1.29, 1.82) is 0 Å². The predicted molar refractivity (Wildman–Crippen MR) is 101 cm³/mol. The standard InChI is InChI=1S/C19H24ClN5O/c20-17-7-6-15(25-12-22-23-13-25)10-16(17)19(26)21-11-14-4-3-9-24-8-2-1-5-18(14)24/h6-7,10,12-14,18H,1-5,8-9,11H2,(H,21,26)/t14-,18-/m0/s1. The van der Waals surface area contributed by atoms with Gasteiger partial charge in [-0.25, -0.2) is 0 Å². The van der Waals surface area contributed by atoms with Gasteiger partial charge in [0.2, 0.25) is 0 Å². The van der Waals surface area contributed by atoms with E-state index in [1.165, 1.54) is 45.2 Å². The highest BCUT2D eigenvalue weighted by molar-refractivity contribution is 6.33. The summed E-state index contributed by atoms with van der Waals surface area (Å²) in [5.41, 5.74) is 1.31. The number of carbonyl (C=O) groups is 1. The molecule has 1 aromatic heterocycles. The molecule has 138 valence electrons. The van der Waals surface area contributed by atoms with Crippen molar-refractivity contribution in [2.75, 3.05) is 19.6 Å². The van der Waals surface area contributed by atoms with Crippen LogP contribution in [0.4, 0.5) is 0 Å². The number of benzene rings is 1. The summed E-state index contributed by atoms with van der Waals surface area (Å²) in [5, 5.41) is 11.2. The van der Waals surface area contributed by atoms with Crippen LogP contribution in [0.15, 0.2) is 30.9 Å².